The third-order valence-corrected chi connectivity index (χ3v) is 5.18. The standard InChI is InChI=1S/C20H28N2O4/c1-2-25-19(23)15-9-11-16(12-10-15)21-20(24)26-18-8-4-3-7-17(18)22-13-5-6-14-22/h9-12,17-18H,2-8,13-14H2,1H3,(H,21,24)/t17-,18-/m1/s1. The van der Waals surface area contributed by atoms with Gasteiger partial charge in [0.25, 0.3) is 0 Å². The van der Waals surface area contributed by atoms with Crippen LogP contribution in [0.4, 0.5) is 10.5 Å². The molecule has 2 aliphatic rings. The molecule has 2 fully saturated rings. The molecule has 1 heterocycles. The topological polar surface area (TPSA) is 67.9 Å². The Hall–Kier alpha value is -2.08. The van der Waals surface area contributed by atoms with Gasteiger partial charge in [0, 0.05) is 11.7 Å². The number of carbonyl (C=O) groups excluding carboxylic acids is 2. The van der Waals surface area contributed by atoms with Crippen LogP contribution in [0.2, 0.25) is 0 Å². The van der Waals surface area contributed by atoms with Crippen molar-refractivity contribution in [3.05, 3.63) is 29.8 Å². The monoisotopic (exact) mass is 360 g/mol. The number of nitrogens with one attached hydrogen (secondary N) is 1. The number of benzene rings is 1. The van der Waals surface area contributed by atoms with Crippen LogP contribution in [0.15, 0.2) is 24.3 Å². The third-order valence-electron chi connectivity index (χ3n) is 5.18. The summed E-state index contributed by atoms with van der Waals surface area (Å²) in [7, 11) is 0. The summed E-state index contributed by atoms with van der Waals surface area (Å²) in [5, 5.41) is 2.77. The van der Waals surface area contributed by atoms with E-state index < -0.39 is 6.09 Å². The molecule has 1 aliphatic heterocycles. The summed E-state index contributed by atoms with van der Waals surface area (Å²) in [6.07, 6.45) is 6.35. The maximum Gasteiger partial charge on any atom is 0.411 e. The van der Waals surface area contributed by atoms with Gasteiger partial charge < -0.3 is 9.47 Å². The van der Waals surface area contributed by atoms with Gasteiger partial charge in [0.1, 0.15) is 6.10 Å². The first-order valence-corrected chi connectivity index (χ1v) is 9.66. The van der Waals surface area contributed by atoms with Gasteiger partial charge in [-0.2, -0.15) is 0 Å². The number of hydrogen-bond donors (Lipinski definition) is 1. The fourth-order valence-corrected chi connectivity index (χ4v) is 3.89. The summed E-state index contributed by atoms with van der Waals surface area (Å²) in [5.74, 6) is -0.364. The molecule has 1 amide bonds. The first kappa shape index (κ1) is 18.7. The molecule has 1 aliphatic carbocycles. The first-order valence-electron chi connectivity index (χ1n) is 9.66. The van der Waals surface area contributed by atoms with Gasteiger partial charge in [-0.25, -0.2) is 9.59 Å². The van der Waals surface area contributed by atoms with E-state index in [-0.39, 0.29) is 12.1 Å². The van der Waals surface area contributed by atoms with Gasteiger partial charge in [0.15, 0.2) is 0 Å². The van der Waals surface area contributed by atoms with Crippen LogP contribution in [0.3, 0.4) is 0 Å². The summed E-state index contributed by atoms with van der Waals surface area (Å²) in [6, 6.07) is 7.00. The van der Waals surface area contributed by atoms with Crippen molar-refractivity contribution in [3.63, 3.8) is 0 Å². The average Bonchev–Trinajstić information content (AvgIpc) is 3.17. The molecule has 0 unspecified atom stereocenters. The highest BCUT2D eigenvalue weighted by atomic mass is 16.6. The van der Waals surface area contributed by atoms with Crippen molar-refractivity contribution >= 4 is 17.7 Å². The molecule has 1 N–H and O–H groups in total. The summed E-state index contributed by atoms with van der Waals surface area (Å²) in [5.41, 5.74) is 1.07. The highest BCUT2D eigenvalue weighted by Gasteiger charge is 2.34. The number of amides is 1. The van der Waals surface area contributed by atoms with Gasteiger partial charge in [-0.15, -0.1) is 0 Å². The van der Waals surface area contributed by atoms with Crippen LogP contribution in [0.25, 0.3) is 0 Å². The van der Waals surface area contributed by atoms with Crippen LogP contribution >= 0.6 is 0 Å². The van der Waals surface area contributed by atoms with Gasteiger partial charge in [-0.1, -0.05) is 6.42 Å². The fraction of sp³-hybridized carbons (Fsp3) is 0.600. The second kappa shape index (κ2) is 9.03. The molecule has 1 aromatic carbocycles. The summed E-state index contributed by atoms with van der Waals surface area (Å²) >= 11 is 0. The maximum atomic E-state index is 12.3. The molecule has 1 aromatic rings. The summed E-state index contributed by atoms with van der Waals surface area (Å²) < 4.78 is 10.7. The van der Waals surface area contributed by atoms with Crippen LogP contribution in [-0.2, 0) is 9.47 Å². The zero-order valence-corrected chi connectivity index (χ0v) is 15.4. The molecule has 6 heteroatoms. The second-order valence-corrected chi connectivity index (χ2v) is 6.96. The number of esters is 1. The van der Waals surface area contributed by atoms with E-state index in [1.54, 1.807) is 31.2 Å². The highest BCUT2D eigenvalue weighted by molar-refractivity contribution is 5.91. The van der Waals surface area contributed by atoms with Crippen LogP contribution in [0, 0.1) is 0 Å². The summed E-state index contributed by atoms with van der Waals surface area (Å²) in [6.45, 7) is 4.33. The predicted octanol–water partition coefficient (Wildman–Crippen LogP) is 3.82. The zero-order chi connectivity index (χ0) is 18.4. The van der Waals surface area contributed by atoms with Gasteiger partial charge in [0.05, 0.1) is 12.2 Å². The van der Waals surface area contributed by atoms with E-state index in [0.29, 0.717) is 23.9 Å². The fourth-order valence-electron chi connectivity index (χ4n) is 3.89. The van der Waals surface area contributed by atoms with E-state index in [9.17, 15) is 9.59 Å². The van der Waals surface area contributed by atoms with Crippen molar-refractivity contribution in [2.45, 2.75) is 57.6 Å². The molecule has 3 rings (SSSR count). The molecule has 1 saturated carbocycles. The van der Waals surface area contributed by atoms with E-state index in [1.807, 2.05) is 0 Å². The smallest absolute Gasteiger partial charge is 0.411 e. The van der Waals surface area contributed by atoms with Crippen LogP contribution in [0.1, 0.15) is 55.8 Å². The minimum atomic E-state index is -0.426. The average molecular weight is 360 g/mol. The number of rotatable bonds is 5. The first-order chi connectivity index (χ1) is 12.7. The Morgan fingerprint density at radius 2 is 1.77 bits per heavy atom. The number of hydrogen-bond acceptors (Lipinski definition) is 5. The highest BCUT2D eigenvalue weighted by Crippen LogP contribution is 2.28. The zero-order valence-electron chi connectivity index (χ0n) is 15.4. The number of ether oxygens (including phenoxy) is 2. The minimum Gasteiger partial charge on any atom is -0.462 e. The largest absolute Gasteiger partial charge is 0.462 e. The Balaban J connectivity index is 1.54. The van der Waals surface area contributed by atoms with E-state index in [0.717, 1.165) is 32.4 Å². The van der Waals surface area contributed by atoms with Gasteiger partial charge in [-0.3, -0.25) is 10.2 Å². The Morgan fingerprint density at radius 3 is 2.46 bits per heavy atom. The Morgan fingerprint density at radius 1 is 1.08 bits per heavy atom. The Labute approximate surface area is 154 Å². The van der Waals surface area contributed by atoms with Crippen LogP contribution in [0.5, 0.6) is 0 Å². The minimum absolute atomic E-state index is 0.0411. The number of anilines is 1. The van der Waals surface area contributed by atoms with Crippen LogP contribution < -0.4 is 5.32 Å². The molecule has 26 heavy (non-hydrogen) atoms. The van der Waals surface area contributed by atoms with E-state index in [4.69, 9.17) is 9.47 Å². The molecule has 0 bridgehead atoms. The second-order valence-electron chi connectivity index (χ2n) is 6.96. The van der Waals surface area contributed by atoms with Gasteiger partial charge >= 0.3 is 12.1 Å². The molecular weight excluding hydrogens is 332 g/mol. The SMILES string of the molecule is CCOC(=O)c1ccc(NC(=O)O[C@@H]2CCCC[C@H]2N2CCCC2)cc1. The quantitative estimate of drug-likeness (QED) is 0.809. The molecule has 1 saturated heterocycles. The van der Waals surface area contributed by atoms with Crippen molar-refractivity contribution in [3.8, 4) is 0 Å². The van der Waals surface area contributed by atoms with Gasteiger partial charge in [0.2, 0.25) is 0 Å². The van der Waals surface area contributed by atoms with Crippen molar-refractivity contribution in [1.82, 2.24) is 4.90 Å². The number of likely N-dealkylation sites (tertiary alicyclic amines) is 1. The Kier molecular flexibility index (Phi) is 6.50. The summed E-state index contributed by atoms with van der Waals surface area (Å²) in [4.78, 5) is 26.5. The third kappa shape index (κ3) is 4.75. The lowest BCUT2D eigenvalue weighted by Gasteiger charge is -2.37. The molecule has 0 aromatic heterocycles. The van der Waals surface area contributed by atoms with Crippen LogP contribution in [-0.4, -0.2) is 48.8 Å². The van der Waals surface area contributed by atoms with Crippen molar-refractivity contribution in [1.29, 1.82) is 0 Å². The van der Waals surface area contributed by atoms with E-state index >= 15 is 0 Å². The molecule has 0 spiro atoms. The molecule has 142 valence electrons. The lowest BCUT2D eigenvalue weighted by molar-refractivity contribution is 0.0176. The maximum absolute atomic E-state index is 12.3. The lowest BCUT2D eigenvalue weighted by Crippen LogP contribution is -2.46. The van der Waals surface area contributed by atoms with Crippen molar-refractivity contribution in [2.24, 2.45) is 0 Å². The molecule has 0 radical (unpaired) electrons. The van der Waals surface area contributed by atoms with E-state index in [2.05, 4.69) is 10.2 Å². The normalized spacial score (nSPS) is 23.4. The van der Waals surface area contributed by atoms with E-state index in [1.165, 1.54) is 19.3 Å². The Bertz CT molecular complexity index is 611. The number of carbonyl (C=O) groups is 2. The molecule has 6 nitrogen and oxygen atoms in total. The molecular formula is C20H28N2O4. The van der Waals surface area contributed by atoms with Crippen molar-refractivity contribution in [2.75, 3.05) is 25.0 Å². The van der Waals surface area contributed by atoms with Crippen molar-refractivity contribution < 1.29 is 19.1 Å². The number of nitrogens with zero attached hydrogens (tertiary/aromatic N) is 1. The predicted molar refractivity (Wildman–Crippen MR) is 99.4 cm³/mol. The lowest BCUT2D eigenvalue weighted by atomic mass is 9.91. The molecule has 2 atom stereocenters. The van der Waals surface area contributed by atoms with Gasteiger partial charge in [-0.05, 0) is 76.4 Å².